The predicted octanol–water partition coefficient (Wildman–Crippen LogP) is 2.09. The molecule has 0 radical (unpaired) electrons. The molecule has 1 unspecified atom stereocenters. The normalized spacial score (nSPS) is 24.4. The molecule has 2 nitrogen and oxygen atoms in total. The molecule has 0 spiro atoms. The lowest BCUT2D eigenvalue weighted by Gasteiger charge is -2.31. The van der Waals surface area contributed by atoms with Crippen LogP contribution in [0, 0.1) is 5.92 Å². The molecular formula is C11H21NO. The van der Waals surface area contributed by atoms with Gasteiger partial charge in [0.25, 0.3) is 0 Å². The van der Waals surface area contributed by atoms with Gasteiger partial charge in [0.05, 0.1) is 0 Å². The van der Waals surface area contributed by atoms with Crippen LogP contribution >= 0.6 is 0 Å². The van der Waals surface area contributed by atoms with Gasteiger partial charge >= 0.3 is 0 Å². The van der Waals surface area contributed by atoms with Crippen LogP contribution in [0.3, 0.4) is 0 Å². The zero-order valence-corrected chi connectivity index (χ0v) is 9.05. The minimum Gasteiger partial charge on any atom is -0.303 e. The average molecular weight is 183 g/mol. The van der Waals surface area contributed by atoms with Gasteiger partial charge in [-0.25, -0.2) is 0 Å². The van der Waals surface area contributed by atoms with Crippen LogP contribution in [0.1, 0.15) is 39.5 Å². The highest BCUT2D eigenvalue weighted by Gasteiger charge is 2.22. The summed E-state index contributed by atoms with van der Waals surface area (Å²) in [5.41, 5.74) is 0. The minimum absolute atomic E-state index is 0.451. The molecule has 1 aliphatic carbocycles. The third kappa shape index (κ3) is 3.47. The SMILES string of the molecule is CC(C)CN(C)C1CCCC(=O)C1. The van der Waals surface area contributed by atoms with Crippen LogP contribution in [0.15, 0.2) is 0 Å². The molecule has 1 fully saturated rings. The first-order valence-electron chi connectivity index (χ1n) is 5.31. The van der Waals surface area contributed by atoms with Gasteiger partial charge in [-0.15, -0.1) is 0 Å². The van der Waals surface area contributed by atoms with Crippen molar-refractivity contribution in [3.63, 3.8) is 0 Å². The summed E-state index contributed by atoms with van der Waals surface area (Å²) in [5.74, 6) is 1.15. The number of rotatable bonds is 3. The summed E-state index contributed by atoms with van der Waals surface area (Å²) >= 11 is 0. The molecule has 1 atom stereocenters. The Morgan fingerprint density at radius 2 is 2.23 bits per heavy atom. The van der Waals surface area contributed by atoms with E-state index in [9.17, 15) is 4.79 Å². The average Bonchev–Trinajstić information content (AvgIpc) is 2.03. The highest BCUT2D eigenvalue weighted by molar-refractivity contribution is 5.79. The topological polar surface area (TPSA) is 20.3 Å². The summed E-state index contributed by atoms with van der Waals surface area (Å²) in [6.45, 7) is 5.56. The minimum atomic E-state index is 0.451. The van der Waals surface area contributed by atoms with E-state index < -0.39 is 0 Å². The maximum Gasteiger partial charge on any atom is 0.134 e. The quantitative estimate of drug-likeness (QED) is 0.667. The monoisotopic (exact) mass is 183 g/mol. The lowest BCUT2D eigenvalue weighted by Crippen LogP contribution is -2.38. The standard InChI is InChI=1S/C11H21NO/c1-9(2)8-12(3)10-5-4-6-11(13)7-10/h9-10H,4-8H2,1-3H3. The van der Waals surface area contributed by atoms with Crippen molar-refractivity contribution in [2.75, 3.05) is 13.6 Å². The summed E-state index contributed by atoms with van der Waals surface area (Å²) in [4.78, 5) is 13.6. The van der Waals surface area contributed by atoms with Crippen LogP contribution in [-0.2, 0) is 4.79 Å². The fourth-order valence-corrected chi connectivity index (χ4v) is 2.10. The Morgan fingerprint density at radius 1 is 1.54 bits per heavy atom. The van der Waals surface area contributed by atoms with Gasteiger partial charge < -0.3 is 4.90 Å². The van der Waals surface area contributed by atoms with Crippen molar-refractivity contribution in [2.45, 2.75) is 45.6 Å². The zero-order valence-electron chi connectivity index (χ0n) is 9.05. The van der Waals surface area contributed by atoms with E-state index in [0.717, 1.165) is 25.8 Å². The summed E-state index contributed by atoms with van der Waals surface area (Å²) in [7, 11) is 2.14. The van der Waals surface area contributed by atoms with E-state index in [1.165, 1.54) is 6.42 Å². The zero-order chi connectivity index (χ0) is 9.84. The number of hydrogen-bond acceptors (Lipinski definition) is 2. The molecule has 0 bridgehead atoms. The number of Topliss-reactive ketones (excluding diaryl/α,β-unsaturated/α-hetero) is 1. The van der Waals surface area contributed by atoms with Crippen LogP contribution in [0.25, 0.3) is 0 Å². The van der Waals surface area contributed by atoms with Crippen LogP contribution in [-0.4, -0.2) is 30.3 Å². The van der Waals surface area contributed by atoms with Crippen molar-refractivity contribution in [3.05, 3.63) is 0 Å². The molecule has 2 heteroatoms. The molecule has 0 saturated heterocycles. The lowest BCUT2D eigenvalue weighted by molar-refractivity contribution is -0.121. The summed E-state index contributed by atoms with van der Waals surface area (Å²) in [5, 5.41) is 0. The van der Waals surface area contributed by atoms with Gasteiger partial charge in [-0.1, -0.05) is 13.8 Å². The van der Waals surface area contributed by atoms with Crippen LogP contribution in [0.2, 0.25) is 0 Å². The van der Waals surface area contributed by atoms with Gasteiger partial charge in [0.15, 0.2) is 0 Å². The summed E-state index contributed by atoms with van der Waals surface area (Å²) in [6.07, 6.45) is 3.89. The molecule has 76 valence electrons. The predicted molar refractivity (Wildman–Crippen MR) is 54.7 cm³/mol. The van der Waals surface area contributed by atoms with Gasteiger partial charge in [0.1, 0.15) is 5.78 Å². The lowest BCUT2D eigenvalue weighted by atomic mass is 9.93. The van der Waals surface area contributed by atoms with Crippen LogP contribution in [0.4, 0.5) is 0 Å². The molecule has 0 amide bonds. The van der Waals surface area contributed by atoms with Crippen molar-refractivity contribution in [3.8, 4) is 0 Å². The Balaban J connectivity index is 2.36. The number of ketones is 1. The van der Waals surface area contributed by atoms with Crippen molar-refractivity contribution in [1.82, 2.24) is 4.90 Å². The molecule has 0 aromatic rings. The van der Waals surface area contributed by atoms with Crippen molar-refractivity contribution >= 4 is 5.78 Å². The third-order valence-corrected chi connectivity index (χ3v) is 2.73. The van der Waals surface area contributed by atoms with E-state index in [2.05, 4.69) is 25.8 Å². The van der Waals surface area contributed by atoms with Crippen molar-refractivity contribution in [1.29, 1.82) is 0 Å². The molecule has 0 heterocycles. The summed E-state index contributed by atoms with van der Waals surface area (Å²) in [6, 6.07) is 0.517. The van der Waals surface area contributed by atoms with Crippen molar-refractivity contribution < 1.29 is 4.79 Å². The Labute approximate surface area is 81.3 Å². The third-order valence-electron chi connectivity index (χ3n) is 2.73. The highest BCUT2D eigenvalue weighted by atomic mass is 16.1. The number of hydrogen-bond donors (Lipinski definition) is 0. The van der Waals surface area contributed by atoms with Gasteiger partial charge in [-0.05, 0) is 25.8 Å². The second kappa shape index (κ2) is 4.75. The Morgan fingerprint density at radius 3 is 2.77 bits per heavy atom. The fraction of sp³-hybridized carbons (Fsp3) is 0.909. The summed E-state index contributed by atoms with van der Waals surface area (Å²) < 4.78 is 0. The van der Waals surface area contributed by atoms with E-state index in [-0.39, 0.29) is 0 Å². The number of carbonyl (C=O) groups excluding carboxylic acids is 1. The second-order valence-electron chi connectivity index (χ2n) is 4.62. The molecule has 13 heavy (non-hydrogen) atoms. The Hall–Kier alpha value is -0.370. The molecule has 1 saturated carbocycles. The second-order valence-corrected chi connectivity index (χ2v) is 4.62. The van der Waals surface area contributed by atoms with Gasteiger partial charge in [-0.2, -0.15) is 0 Å². The first-order valence-corrected chi connectivity index (χ1v) is 5.31. The van der Waals surface area contributed by atoms with Gasteiger partial charge in [0, 0.05) is 25.4 Å². The fourth-order valence-electron chi connectivity index (χ4n) is 2.10. The molecule has 1 rings (SSSR count). The van der Waals surface area contributed by atoms with Gasteiger partial charge in [0.2, 0.25) is 0 Å². The van der Waals surface area contributed by atoms with Crippen LogP contribution in [0.5, 0.6) is 0 Å². The molecular weight excluding hydrogens is 162 g/mol. The maximum atomic E-state index is 11.2. The first-order chi connectivity index (χ1) is 6.09. The number of carbonyl (C=O) groups is 1. The van der Waals surface area contributed by atoms with Crippen LogP contribution < -0.4 is 0 Å². The molecule has 0 N–H and O–H groups in total. The van der Waals surface area contributed by atoms with E-state index >= 15 is 0 Å². The molecule has 1 aliphatic rings. The van der Waals surface area contributed by atoms with Crippen molar-refractivity contribution in [2.24, 2.45) is 5.92 Å². The molecule has 0 aromatic carbocycles. The molecule has 0 aromatic heterocycles. The van der Waals surface area contributed by atoms with E-state index in [1.807, 2.05) is 0 Å². The Kier molecular flexibility index (Phi) is 3.91. The first kappa shape index (κ1) is 10.7. The maximum absolute atomic E-state index is 11.2. The largest absolute Gasteiger partial charge is 0.303 e. The van der Waals surface area contributed by atoms with Gasteiger partial charge in [-0.3, -0.25) is 4.79 Å². The van der Waals surface area contributed by atoms with E-state index in [1.54, 1.807) is 0 Å². The highest BCUT2D eigenvalue weighted by Crippen LogP contribution is 2.19. The smallest absolute Gasteiger partial charge is 0.134 e. The molecule has 0 aliphatic heterocycles. The van der Waals surface area contributed by atoms with E-state index in [0.29, 0.717) is 17.7 Å². The van der Waals surface area contributed by atoms with E-state index in [4.69, 9.17) is 0 Å². The number of nitrogens with zero attached hydrogens (tertiary/aromatic N) is 1. The Bertz CT molecular complexity index is 177.